The summed E-state index contributed by atoms with van der Waals surface area (Å²) in [5.74, 6) is 0. The standard InChI is InChI=1S/C9H11NO2S/c1-7-2-4-8(5-3-7)13(11,12)9-6-10-9/h2-5,9-10H,6H2,1H3. The number of hydrogen-bond donors (Lipinski definition) is 1. The summed E-state index contributed by atoms with van der Waals surface area (Å²) in [6.45, 7) is 2.52. The van der Waals surface area contributed by atoms with Crippen molar-refractivity contribution in [2.75, 3.05) is 6.54 Å². The third-order valence-electron chi connectivity index (χ3n) is 2.09. The molecule has 1 N–H and O–H groups in total. The van der Waals surface area contributed by atoms with Crippen LogP contribution in [0.25, 0.3) is 0 Å². The fourth-order valence-electron chi connectivity index (χ4n) is 1.16. The maximum absolute atomic E-state index is 11.6. The van der Waals surface area contributed by atoms with Gasteiger partial charge in [0.1, 0.15) is 5.37 Å². The van der Waals surface area contributed by atoms with Crippen LogP contribution in [0.1, 0.15) is 5.56 Å². The highest BCUT2D eigenvalue weighted by atomic mass is 32.2. The molecule has 1 fully saturated rings. The molecule has 3 nitrogen and oxygen atoms in total. The van der Waals surface area contributed by atoms with Crippen LogP contribution in [0.4, 0.5) is 0 Å². The van der Waals surface area contributed by atoms with E-state index in [1.165, 1.54) is 0 Å². The Bertz CT molecular complexity index is 404. The molecule has 1 aliphatic rings. The van der Waals surface area contributed by atoms with E-state index >= 15 is 0 Å². The van der Waals surface area contributed by atoms with Crippen LogP contribution < -0.4 is 5.32 Å². The van der Waals surface area contributed by atoms with Crippen LogP contribution in [-0.4, -0.2) is 20.3 Å². The van der Waals surface area contributed by atoms with E-state index < -0.39 is 9.84 Å². The molecule has 70 valence electrons. The molecular weight excluding hydrogens is 186 g/mol. The predicted molar refractivity (Wildman–Crippen MR) is 50.2 cm³/mol. The molecule has 1 atom stereocenters. The fourth-order valence-corrected chi connectivity index (χ4v) is 2.54. The second-order valence-corrected chi connectivity index (χ2v) is 5.39. The maximum atomic E-state index is 11.6. The summed E-state index contributed by atoms with van der Waals surface area (Å²) < 4.78 is 23.3. The van der Waals surface area contributed by atoms with E-state index in [0.717, 1.165) is 5.56 Å². The van der Waals surface area contributed by atoms with Gasteiger partial charge in [0.25, 0.3) is 0 Å². The van der Waals surface area contributed by atoms with Crippen LogP contribution in [0.5, 0.6) is 0 Å². The van der Waals surface area contributed by atoms with Gasteiger partial charge in [-0.2, -0.15) is 0 Å². The highest BCUT2D eigenvalue weighted by Gasteiger charge is 2.36. The first kappa shape index (κ1) is 8.72. The van der Waals surface area contributed by atoms with Crippen molar-refractivity contribution >= 4 is 9.84 Å². The molecule has 0 aliphatic carbocycles. The van der Waals surface area contributed by atoms with E-state index in [4.69, 9.17) is 0 Å². The molecule has 0 saturated carbocycles. The van der Waals surface area contributed by atoms with Crippen LogP contribution >= 0.6 is 0 Å². The van der Waals surface area contributed by atoms with Gasteiger partial charge in [0.05, 0.1) is 4.90 Å². The minimum Gasteiger partial charge on any atom is -0.297 e. The normalized spacial score (nSPS) is 21.5. The Balaban J connectivity index is 2.40. The third-order valence-corrected chi connectivity index (χ3v) is 4.11. The summed E-state index contributed by atoms with van der Waals surface area (Å²) >= 11 is 0. The van der Waals surface area contributed by atoms with E-state index in [-0.39, 0.29) is 5.37 Å². The summed E-state index contributed by atoms with van der Waals surface area (Å²) in [5, 5.41) is 2.45. The molecule has 1 aromatic carbocycles. The Morgan fingerprint density at radius 1 is 1.31 bits per heavy atom. The minimum absolute atomic E-state index is 0.352. The smallest absolute Gasteiger partial charge is 0.195 e. The molecule has 0 aromatic heterocycles. The van der Waals surface area contributed by atoms with Gasteiger partial charge in [-0.15, -0.1) is 0 Å². The van der Waals surface area contributed by atoms with Crippen molar-refractivity contribution in [3.8, 4) is 0 Å². The zero-order chi connectivity index (χ0) is 9.47. The van der Waals surface area contributed by atoms with Gasteiger partial charge >= 0.3 is 0 Å². The topological polar surface area (TPSA) is 56.1 Å². The zero-order valence-electron chi connectivity index (χ0n) is 7.32. The van der Waals surface area contributed by atoms with Gasteiger partial charge in [0.15, 0.2) is 9.84 Å². The van der Waals surface area contributed by atoms with E-state index in [2.05, 4.69) is 5.32 Å². The molecule has 0 radical (unpaired) electrons. The number of aryl methyl sites for hydroxylation is 1. The molecule has 1 aliphatic heterocycles. The summed E-state index contributed by atoms with van der Waals surface area (Å²) in [7, 11) is -3.09. The van der Waals surface area contributed by atoms with Crippen molar-refractivity contribution in [1.82, 2.24) is 5.32 Å². The number of nitrogens with one attached hydrogen (secondary N) is 1. The first-order chi connectivity index (χ1) is 6.10. The number of rotatable bonds is 2. The lowest BCUT2D eigenvalue weighted by atomic mass is 10.2. The Labute approximate surface area is 77.7 Å². The quantitative estimate of drug-likeness (QED) is 0.710. The number of benzene rings is 1. The summed E-state index contributed by atoms with van der Waals surface area (Å²) in [6.07, 6.45) is 0. The largest absolute Gasteiger partial charge is 0.297 e. The Morgan fingerprint density at radius 3 is 2.31 bits per heavy atom. The van der Waals surface area contributed by atoms with Crippen LogP contribution in [-0.2, 0) is 9.84 Å². The highest BCUT2D eigenvalue weighted by molar-refractivity contribution is 7.92. The van der Waals surface area contributed by atoms with Gasteiger partial charge < -0.3 is 0 Å². The van der Waals surface area contributed by atoms with Crippen molar-refractivity contribution < 1.29 is 8.42 Å². The van der Waals surface area contributed by atoms with Gasteiger partial charge in [-0.05, 0) is 19.1 Å². The van der Waals surface area contributed by atoms with Crippen molar-refractivity contribution in [1.29, 1.82) is 0 Å². The predicted octanol–water partition coefficient (Wildman–Crippen LogP) is 0.698. The molecule has 0 spiro atoms. The highest BCUT2D eigenvalue weighted by Crippen LogP contribution is 2.19. The molecular formula is C9H11NO2S. The SMILES string of the molecule is Cc1ccc(S(=O)(=O)C2CN2)cc1. The third kappa shape index (κ3) is 1.59. The first-order valence-electron chi connectivity index (χ1n) is 4.15. The molecule has 4 heteroatoms. The van der Waals surface area contributed by atoms with E-state index in [1.807, 2.05) is 19.1 Å². The summed E-state index contributed by atoms with van der Waals surface area (Å²) in [5.41, 5.74) is 1.07. The zero-order valence-corrected chi connectivity index (χ0v) is 8.14. The Kier molecular flexibility index (Phi) is 1.89. The Hall–Kier alpha value is -0.870. The lowest BCUT2D eigenvalue weighted by molar-refractivity contribution is 0.594. The maximum Gasteiger partial charge on any atom is 0.195 e. The van der Waals surface area contributed by atoms with Crippen LogP contribution in [0.2, 0.25) is 0 Å². The van der Waals surface area contributed by atoms with Gasteiger partial charge in [-0.1, -0.05) is 17.7 Å². The number of hydrogen-bond acceptors (Lipinski definition) is 3. The molecule has 13 heavy (non-hydrogen) atoms. The van der Waals surface area contributed by atoms with Crippen molar-refractivity contribution in [2.45, 2.75) is 17.2 Å². The van der Waals surface area contributed by atoms with Gasteiger partial charge in [0.2, 0.25) is 0 Å². The van der Waals surface area contributed by atoms with Crippen molar-refractivity contribution in [3.63, 3.8) is 0 Å². The molecule has 1 aromatic rings. The fraction of sp³-hybridized carbons (Fsp3) is 0.333. The van der Waals surface area contributed by atoms with Crippen LogP contribution in [0.15, 0.2) is 29.2 Å². The van der Waals surface area contributed by atoms with Crippen molar-refractivity contribution in [3.05, 3.63) is 29.8 Å². The van der Waals surface area contributed by atoms with Crippen LogP contribution in [0.3, 0.4) is 0 Å². The minimum atomic E-state index is -3.09. The average molecular weight is 197 g/mol. The second-order valence-electron chi connectivity index (χ2n) is 3.25. The molecule has 1 unspecified atom stereocenters. The lowest BCUT2D eigenvalue weighted by Gasteiger charge is -2.01. The van der Waals surface area contributed by atoms with Gasteiger partial charge in [-0.3, -0.25) is 5.32 Å². The summed E-state index contributed by atoms with van der Waals surface area (Å²) in [4.78, 5) is 0.410. The average Bonchev–Trinajstić information content (AvgIpc) is 2.87. The molecule has 0 bridgehead atoms. The van der Waals surface area contributed by atoms with Gasteiger partial charge in [-0.25, -0.2) is 8.42 Å². The van der Waals surface area contributed by atoms with E-state index in [1.54, 1.807) is 12.1 Å². The molecule has 1 heterocycles. The summed E-state index contributed by atoms with van der Waals surface area (Å²) in [6, 6.07) is 6.94. The first-order valence-corrected chi connectivity index (χ1v) is 5.69. The Morgan fingerprint density at radius 2 is 1.85 bits per heavy atom. The molecule has 1 saturated heterocycles. The lowest BCUT2D eigenvalue weighted by Crippen LogP contribution is -2.10. The second kappa shape index (κ2) is 2.82. The van der Waals surface area contributed by atoms with E-state index in [9.17, 15) is 8.42 Å². The molecule has 2 rings (SSSR count). The van der Waals surface area contributed by atoms with E-state index in [0.29, 0.717) is 11.4 Å². The van der Waals surface area contributed by atoms with Crippen molar-refractivity contribution in [2.24, 2.45) is 0 Å². The van der Waals surface area contributed by atoms with Crippen LogP contribution in [0, 0.1) is 6.92 Å². The monoisotopic (exact) mass is 197 g/mol. The number of sulfone groups is 1. The molecule has 0 amide bonds. The van der Waals surface area contributed by atoms with Gasteiger partial charge in [0, 0.05) is 6.54 Å².